The molecule has 21 heavy (non-hydrogen) atoms. The van der Waals surface area contributed by atoms with Crippen molar-refractivity contribution < 1.29 is 5.11 Å². The molecule has 2 unspecified atom stereocenters. The quantitative estimate of drug-likeness (QED) is 0.827. The molecule has 3 aliphatic heterocycles. The van der Waals surface area contributed by atoms with Crippen LogP contribution in [0.3, 0.4) is 0 Å². The van der Waals surface area contributed by atoms with Crippen molar-refractivity contribution in [2.24, 2.45) is 5.92 Å². The standard InChI is InChI=1S/C17H33N3O/c1-15-4-9-18(10-5-15)13-17(21)14-19-11-6-16(12-19)20-7-2-3-8-20/h15-17,21H,2-14H2,1H3. The summed E-state index contributed by atoms with van der Waals surface area (Å²) in [6.07, 6.45) is 6.49. The van der Waals surface area contributed by atoms with E-state index in [9.17, 15) is 5.11 Å². The van der Waals surface area contributed by atoms with Gasteiger partial charge in [0.05, 0.1) is 6.10 Å². The van der Waals surface area contributed by atoms with Crippen LogP contribution in [0.15, 0.2) is 0 Å². The summed E-state index contributed by atoms with van der Waals surface area (Å²) in [5.41, 5.74) is 0. The number of likely N-dealkylation sites (tertiary alicyclic amines) is 3. The van der Waals surface area contributed by atoms with Gasteiger partial charge in [0.25, 0.3) is 0 Å². The van der Waals surface area contributed by atoms with E-state index in [1.807, 2.05) is 0 Å². The third kappa shape index (κ3) is 4.41. The molecule has 0 radical (unpaired) electrons. The molecule has 0 spiro atoms. The van der Waals surface area contributed by atoms with Gasteiger partial charge in [0.15, 0.2) is 0 Å². The first-order valence-electron chi connectivity index (χ1n) is 9.07. The minimum Gasteiger partial charge on any atom is -0.390 e. The van der Waals surface area contributed by atoms with Gasteiger partial charge >= 0.3 is 0 Å². The molecule has 3 saturated heterocycles. The van der Waals surface area contributed by atoms with Gasteiger partial charge < -0.3 is 10.0 Å². The summed E-state index contributed by atoms with van der Waals surface area (Å²) < 4.78 is 0. The summed E-state index contributed by atoms with van der Waals surface area (Å²) in [6, 6.07) is 0.760. The first kappa shape index (κ1) is 15.7. The molecule has 0 aromatic rings. The van der Waals surface area contributed by atoms with Gasteiger partial charge in [-0.2, -0.15) is 0 Å². The molecule has 0 aromatic heterocycles. The van der Waals surface area contributed by atoms with Crippen molar-refractivity contribution in [2.45, 2.75) is 51.2 Å². The second kappa shape index (κ2) is 7.40. The van der Waals surface area contributed by atoms with Crippen molar-refractivity contribution in [3.8, 4) is 0 Å². The van der Waals surface area contributed by atoms with Gasteiger partial charge in [-0.25, -0.2) is 0 Å². The molecule has 2 atom stereocenters. The van der Waals surface area contributed by atoms with E-state index >= 15 is 0 Å². The number of rotatable bonds is 5. The molecule has 3 fully saturated rings. The van der Waals surface area contributed by atoms with Crippen molar-refractivity contribution in [1.29, 1.82) is 0 Å². The molecule has 4 nitrogen and oxygen atoms in total. The van der Waals surface area contributed by atoms with Crippen molar-refractivity contribution >= 4 is 0 Å². The predicted octanol–water partition coefficient (Wildman–Crippen LogP) is 1.25. The highest BCUT2D eigenvalue weighted by Crippen LogP contribution is 2.21. The number of nitrogens with zero attached hydrogens (tertiary/aromatic N) is 3. The van der Waals surface area contributed by atoms with Crippen LogP contribution >= 0.6 is 0 Å². The van der Waals surface area contributed by atoms with Gasteiger partial charge in [-0.05, 0) is 70.7 Å². The lowest BCUT2D eigenvalue weighted by Gasteiger charge is -2.32. The maximum Gasteiger partial charge on any atom is 0.0793 e. The Labute approximate surface area is 130 Å². The van der Waals surface area contributed by atoms with Gasteiger partial charge in [0, 0.05) is 25.7 Å². The Balaban J connectivity index is 1.36. The minimum absolute atomic E-state index is 0.171. The van der Waals surface area contributed by atoms with Crippen LogP contribution in [-0.2, 0) is 0 Å². The summed E-state index contributed by atoms with van der Waals surface area (Å²) in [7, 11) is 0. The first-order chi connectivity index (χ1) is 10.2. The van der Waals surface area contributed by atoms with Gasteiger partial charge in [-0.15, -0.1) is 0 Å². The zero-order valence-electron chi connectivity index (χ0n) is 13.7. The second-order valence-corrected chi connectivity index (χ2v) is 7.58. The molecule has 0 bridgehead atoms. The fraction of sp³-hybridized carbons (Fsp3) is 1.00. The molecule has 0 aromatic carbocycles. The van der Waals surface area contributed by atoms with Crippen LogP contribution in [0, 0.1) is 5.92 Å². The van der Waals surface area contributed by atoms with E-state index in [1.54, 1.807) is 0 Å². The summed E-state index contributed by atoms with van der Waals surface area (Å²) in [6.45, 7) is 11.4. The highest BCUT2D eigenvalue weighted by Gasteiger charge is 2.30. The van der Waals surface area contributed by atoms with E-state index in [0.717, 1.165) is 25.0 Å². The topological polar surface area (TPSA) is 30.0 Å². The molecule has 122 valence electrons. The molecule has 3 rings (SSSR count). The van der Waals surface area contributed by atoms with Gasteiger partial charge in [-0.3, -0.25) is 9.80 Å². The summed E-state index contributed by atoms with van der Waals surface area (Å²) in [4.78, 5) is 7.61. The largest absolute Gasteiger partial charge is 0.390 e. The Morgan fingerprint density at radius 2 is 1.52 bits per heavy atom. The first-order valence-corrected chi connectivity index (χ1v) is 9.07. The van der Waals surface area contributed by atoms with Crippen LogP contribution in [0.2, 0.25) is 0 Å². The van der Waals surface area contributed by atoms with Gasteiger partial charge in [0.1, 0.15) is 0 Å². The monoisotopic (exact) mass is 295 g/mol. The third-order valence-electron chi connectivity index (χ3n) is 5.72. The van der Waals surface area contributed by atoms with Gasteiger partial charge in [0.2, 0.25) is 0 Å². The van der Waals surface area contributed by atoms with Crippen molar-refractivity contribution in [3.05, 3.63) is 0 Å². The minimum atomic E-state index is -0.171. The van der Waals surface area contributed by atoms with E-state index in [-0.39, 0.29) is 6.10 Å². The molecule has 1 N–H and O–H groups in total. The van der Waals surface area contributed by atoms with E-state index in [4.69, 9.17) is 0 Å². The van der Waals surface area contributed by atoms with E-state index in [2.05, 4.69) is 21.6 Å². The number of hydrogen-bond donors (Lipinski definition) is 1. The fourth-order valence-corrected chi connectivity index (χ4v) is 4.28. The van der Waals surface area contributed by atoms with Crippen molar-refractivity contribution in [2.75, 3.05) is 52.4 Å². The number of hydrogen-bond acceptors (Lipinski definition) is 4. The smallest absolute Gasteiger partial charge is 0.0793 e. The zero-order valence-corrected chi connectivity index (χ0v) is 13.7. The molecule has 3 aliphatic rings. The molecule has 0 aliphatic carbocycles. The summed E-state index contributed by atoms with van der Waals surface area (Å²) >= 11 is 0. The Morgan fingerprint density at radius 1 is 0.905 bits per heavy atom. The average molecular weight is 295 g/mol. The van der Waals surface area contributed by atoms with Crippen LogP contribution in [0.1, 0.15) is 39.0 Å². The Hall–Kier alpha value is -0.160. The van der Waals surface area contributed by atoms with E-state index < -0.39 is 0 Å². The third-order valence-corrected chi connectivity index (χ3v) is 5.72. The maximum absolute atomic E-state index is 10.4. The van der Waals surface area contributed by atoms with Crippen LogP contribution in [-0.4, -0.2) is 84.3 Å². The molecule has 4 heteroatoms. The van der Waals surface area contributed by atoms with E-state index in [1.165, 1.54) is 71.4 Å². The Bertz CT molecular complexity index is 311. The lowest BCUT2D eigenvalue weighted by molar-refractivity contribution is 0.0654. The molecule has 0 amide bonds. The average Bonchev–Trinajstić information content (AvgIpc) is 3.12. The van der Waals surface area contributed by atoms with Crippen molar-refractivity contribution in [1.82, 2.24) is 14.7 Å². The van der Waals surface area contributed by atoms with E-state index in [0.29, 0.717) is 0 Å². The molecular weight excluding hydrogens is 262 g/mol. The zero-order chi connectivity index (χ0) is 14.7. The number of aliphatic hydroxyl groups is 1. The molecule has 0 saturated carbocycles. The van der Waals surface area contributed by atoms with Crippen molar-refractivity contribution in [3.63, 3.8) is 0 Å². The number of piperidine rings is 1. The number of β-amino-alcohol motifs (C(OH)–C–C–N with tert-alkyl or cyclic N) is 1. The second-order valence-electron chi connectivity index (χ2n) is 7.58. The maximum atomic E-state index is 10.4. The van der Waals surface area contributed by atoms with Crippen LogP contribution < -0.4 is 0 Å². The number of aliphatic hydroxyl groups excluding tert-OH is 1. The fourth-order valence-electron chi connectivity index (χ4n) is 4.28. The van der Waals surface area contributed by atoms with Crippen LogP contribution in [0.25, 0.3) is 0 Å². The van der Waals surface area contributed by atoms with Gasteiger partial charge in [-0.1, -0.05) is 6.92 Å². The molecular formula is C17H33N3O. The Morgan fingerprint density at radius 3 is 2.24 bits per heavy atom. The lowest BCUT2D eigenvalue weighted by Crippen LogP contribution is -2.43. The highest BCUT2D eigenvalue weighted by atomic mass is 16.3. The van der Waals surface area contributed by atoms with Crippen LogP contribution in [0.4, 0.5) is 0 Å². The predicted molar refractivity (Wildman–Crippen MR) is 86.5 cm³/mol. The highest BCUT2D eigenvalue weighted by molar-refractivity contribution is 4.87. The SMILES string of the molecule is CC1CCN(CC(O)CN2CCC(N3CCCC3)C2)CC1. The normalized spacial score (nSPS) is 32.0. The summed E-state index contributed by atoms with van der Waals surface area (Å²) in [5, 5.41) is 10.4. The lowest BCUT2D eigenvalue weighted by atomic mass is 9.99. The Kier molecular flexibility index (Phi) is 5.54. The summed E-state index contributed by atoms with van der Waals surface area (Å²) in [5.74, 6) is 0.873. The van der Waals surface area contributed by atoms with Crippen LogP contribution in [0.5, 0.6) is 0 Å². The molecule has 3 heterocycles.